The van der Waals surface area contributed by atoms with Gasteiger partial charge >= 0.3 is 0 Å². The number of benzene rings is 1. The van der Waals surface area contributed by atoms with Crippen molar-refractivity contribution in [2.24, 2.45) is 0 Å². The Labute approximate surface area is 159 Å². The molecule has 0 atom stereocenters. The number of likely N-dealkylation sites (tertiary alicyclic amines) is 1. The van der Waals surface area contributed by atoms with Crippen molar-refractivity contribution in [3.05, 3.63) is 50.9 Å². The molecule has 0 bridgehead atoms. The number of piperidine rings is 1. The predicted octanol–water partition coefficient (Wildman–Crippen LogP) is 2.94. The molecule has 0 unspecified atom stereocenters. The summed E-state index contributed by atoms with van der Waals surface area (Å²) >= 11 is 3.39. The van der Waals surface area contributed by atoms with Crippen LogP contribution in [0.25, 0.3) is 0 Å². The maximum absolute atomic E-state index is 12.5. The number of halogens is 1. The second kappa shape index (κ2) is 7.51. The molecule has 1 aromatic heterocycles. The molecule has 1 aromatic carbocycles. The SMILES string of the molecule is O=C(c1cccc(I)c1)N1CCC(NS(=O)(=O)c2cccs2)CC1. The molecule has 0 radical (unpaired) electrons. The van der Waals surface area contributed by atoms with Gasteiger partial charge in [-0.3, -0.25) is 4.79 Å². The normalized spacial score (nSPS) is 16.3. The van der Waals surface area contributed by atoms with Gasteiger partial charge in [0.15, 0.2) is 0 Å². The molecule has 1 amide bonds. The van der Waals surface area contributed by atoms with E-state index in [1.54, 1.807) is 22.4 Å². The van der Waals surface area contributed by atoms with Gasteiger partial charge < -0.3 is 4.90 Å². The Balaban J connectivity index is 1.59. The molecule has 24 heavy (non-hydrogen) atoms. The van der Waals surface area contributed by atoms with E-state index in [0.717, 1.165) is 3.57 Å². The molecule has 1 fully saturated rings. The molecule has 1 aliphatic heterocycles. The summed E-state index contributed by atoms with van der Waals surface area (Å²) in [5.74, 6) is 0.00748. The third kappa shape index (κ3) is 4.16. The summed E-state index contributed by atoms with van der Waals surface area (Å²) < 4.78 is 28.6. The van der Waals surface area contributed by atoms with E-state index >= 15 is 0 Å². The second-order valence-electron chi connectivity index (χ2n) is 5.63. The molecule has 2 aromatic rings. The Bertz CT molecular complexity index is 814. The van der Waals surface area contributed by atoms with Crippen LogP contribution in [0.2, 0.25) is 0 Å². The van der Waals surface area contributed by atoms with Gasteiger partial charge in [-0.2, -0.15) is 0 Å². The Morgan fingerprint density at radius 2 is 1.96 bits per heavy atom. The van der Waals surface area contributed by atoms with E-state index in [4.69, 9.17) is 0 Å². The van der Waals surface area contributed by atoms with E-state index in [9.17, 15) is 13.2 Å². The van der Waals surface area contributed by atoms with Crippen LogP contribution < -0.4 is 4.72 Å². The smallest absolute Gasteiger partial charge is 0.253 e. The first kappa shape index (κ1) is 17.8. The van der Waals surface area contributed by atoms with Gasteiger partial charge in [0.2, 0.25) is 10.0 Å². The number of thiophene rings is 1. The minimum atomic E-state index is -3.45. The molecule has 2 heterocycles. The molecule has 1 aliphatic rings. The van der Waals surface area contributed by atoms with Crippen LogP contribution in [0.15, 0.2) is 46.0 Å². The summed E-state index contributed by atoms with van der Waals surface area (Å²) in [6, 6.07) is 10.7. The molecule has 8 heteroatoms. The number of hydrogen-bond donors (Lipinski definition) is 1. The summed E-state index contributed by atoms with van der Waals surface area (Å²) in [6.07, 6.45) is 1.25. The lowest BCUT2D eigenvalue weighted by molar-refractivity contribution is 0.0711. The number of nitrogens with one attached hydrogen (secondary N) is 1. The highest BCUT2D eigenvalue weighted by atomic mass is 127. The fourth-order valence-electron chi connectivity index (χ4n) is 2.70. The lowest BCUT2D eigenvalue weighted by Gasteiger charge is -2.32. The molecule has 0 aliphatic carbocycles. The first-order chi connectivity index (χ1) is 11.5. The number of carbonyl (C=O) groups is 1. The maximum Gasteiger partial charge on any atom is 0.253 e. The van der Waals surface area contributed by atoms with Crippen molar-refractivity contribution >= 4 is 49.9 Å². The van der Waals surface area contributed by atoms with Crippen LogP contribution in [-0.4, -0.2) is 38.4 Å². The molecule has 128 valence electrons. The molecule has 1 saturated heterocycles. The van der Waals surface area contributed by atoms with Gasteiger partial charge in [-0.15, -0.1) is 11.3 Å². The first-order valence-electron chi connectivity index (χ1n) is 7.56. The summed E-state index contributed by atoms with van der Waals surface area (Å²) in [6.45, 7) is 1.11. The standard InChI is InChI=1S/C16H17IN2O3S2/c17-13-4-1-3-12(11-13)16(20)19-8-6-14(7-9-19)18-24(21,22)15-5-2-10-23-15/h1-5,10-11,14,18H,6-9H2. The van der Waals surface area contributed by atoms with Gasteiger partial charge in [0.1, 0.15) is 4.21 Å². The summed E-state index contributed by atoms with van der Waals surface area (Å²) in [7, 11) is -3.45. The average Bonchev–Trinajstić information content (AvgIpc) is 3.10. The van der Waals surface area contributed by atoms with E-state index in [2.05, 4.69) is 27.3 Å². The van der Waals surface area contributed by atoms with Crippen LogP contribution in [0.5, 0.6) is 0 Å². The van der Waals surface area contributed by atoms with Gasteiger partial charge in [0.25, 0.3) is 5.91 Å². The van der Waals surface area contributed by atoms with Crippen molar-refractivity contribution in [2.45, 2.75) is 23.1 Å². The van der Waals surface area contributed by atoms with Crippen molar-refractivity contribution in [1.29, 1.82) is 0 Å². The van der Waals surface area contributed by atoms with E-state index in [1.807, 2.05) is 24.3 Å². The van der Waals surface area contributed by atoms with Gasteiger partial charge in [0.05, 0.1) is 0 Å². The summed E-state index contributed by atoms with van der Waals surface area (Å²) in [4.78, 5) is 14.3. The highest BCUT2D eigenvalue weighted by molar-refractivity contribution is 14.1. The van der Waals surface area contributed by atoms with E-state index in [0.29, 0.717) is 35.7 Å². The van der Waals surface area contributed by atoms with Crippen LogP contribution >= 0.6 is 33.9 Å². The van der Waals surface area contributed by atoms with Gasteiger partial charge in [-0.05, 0) is 65.1 Å². The van der Waals surface area contributed by atoms with Crippen LogP contribution in [0.1, 0.15) is 23.2 Å². The minimum Gasteiger partial charge on any atom is -0.339 e. The van der Waals surface area contributed by atoms with Gasteiger partial charge in [-0.25, -0.2) is 13.1 Å². The molecule has 5 nitrogen and oxygen atoms in total. The Morgan fingerprint density at radius 3 is 2.58 bits per heavy atom. The largest absolute Gasteiger partial charge is 0.339 e. The molecule has 1 N–H and O–H groups in total. The quantitative estimate of drug-likeness (QED) is 0.691. The van der Waals surface area contributed by atoms with E-state index in [1.165, 1.54) is 11.3 Å². The maximum atomic E-state index is 12.5. The lowest BCUT2D eigenvalue weighted by atomic mass is 10.0. The Hall–Kier alpha value is -0.970. The van der Waals surface area contributed by atoms with Gasteiger partial charge in [0, 0.05) is 28.3 Å². The van der Waals surface area contributed by atoms with Crippen molar-refractivity contribution < 1.29 is 13.2 Å². The number of rotatable bonds is 4. The van der Waals surface area contributed by atoms with Crippen LogP contribution in [0.4, 0.5) is 0 Å². The lowest BCUT2D eigenvalue weighted by Crippen LogP contribution is -2.46. The zero-order valence-corrected chi connectivity index (χ0v) is 16.6. The topological polar surface area (TPSA) is 66.5 Å². The van der Waals surface area contributed by atoms with Crippen molar-refractivity contribution in [1.82, 2.24) is 9.62 Å². The number of nitrogens with zero attached hydrogens (tertiary/aromatic N) is 1. The Morgan fingerprint density at radius 1 is 1.21 bits per heavy atom. The average molecular weight is 476 g/mol. The molecule has 0 saturated carbocycles. The summed E-state index contributed by atoms with van der Waals surface area (Å²) in [5, 5.41) is 1.75. The predicted molar refractivity (Wildman–Crippen MR) is 103 cm³/mol. The fourth-order valence-corrected chi connectivity index (χ4v) is 5.56. The molecule has 0 spiro atoms. The second-order valence-corrected chi connectivity index (χ2v) is 9.76. The van der Waals surface area contributed by atoms with Crippen LogP contribution in [0.3, 0.4) is 0 Å². The number of carbonyl (C=O) groups excluding carboxylic acids is 1. The monoisotopic (exact) mass is 476 g/mol. The first-order valence-corrected chi connectivity index (χ1v) is 11.0. The highest BCUT2D eigenvalue weighted by Crippen LogP contribution is 2.20. The van der Waals surface area contributed by atoms with E-state index < -0.39 is 10.0 Å². The number of hydrogen-bond acceptors (Lipinski definition) is 4. The van der Waals surface area contributed by atoms with Crippen molar-refractivity contribution in [3.63, 3.8) is 0 Å². The number of sulfonamides is 1. The van der Waals surface area contributed by atoms with Gasteiger partial charge in [-0.1, -0.05) is 12.1 Å². The minimum absolute atomic E-state index is 0.00748. The summed E-state index contributed by atoms with van der Waals surface area (Å²) in [5.41, 5.74) is 0.680. The fraction of sp³-hybridized carbons (Fsp3) is 0.312. The van der Waals surface area contributed by atoms with Crippen LogP contribution in [0, 0.1) is 3.57 Å². The molecule has 3 rings (SSSR count). The van der Waals surface area contributed by atoms with E-state index in [-0.39, 0.29) is 11.9 Å². The van der Waals surface area contributed by atoms with Crippen LogP contribution in [-0.2, 0) is 10.0 Å². The van der Waals surface area contributed by atoms with Crippen molar-refractivity contribution in [2.75, 3.05) is 13.1 Å². The molecular formula is C16H17IN2O3S2. The molecular weight excluding hydrogens is 459 g/mol. The number of amides is 1. The zero-order valence-electron chi connectivity index (χ0n) is 12.8. The zero-order chi connectivity index (χ0) is 17.2. The Kier molecular flexibility index (Phi) is 5.58. The third-order valence-electron chi connectivity index (χ3n) is 3.94. The highest BCUT2D eigenvalue weighted by Gasteiger charge is 2.27. The van der Waals surface area contributed by atoms with Crippen molar-refractivity contribution in [3.8, 4) is 0 Å². The third-order valence-corrected chi connectivity index (χ3v) is 7.52.